The van der Waals surface area contributed by atoms with Gasteiger partial charge in [-0.05, 0) is 25.8 Å². The molecule has 0 aromatic rings. The summed E-state index contributed by atoms with van der Waals surface area (Å²) in [4.78, 5) is 2.76. The lowest BCUT2D eigenvalue weighted by Crippen LogP contribution is -2.42. The predicted octanol–water partition coefficient (Wildman–Crippen LogP) is 5.90. The highest BCUT2D eigenvalue weighted by Crippen LogP contribution is 2.18. The molecule has 0 bridgehead atoms. The van der Waals surface area contributed by atoms with Gasteiger partial charge in [0, 0.05) is 4.91 Å². The number of nitrogens with zero attached hydrogens (tertiary/aromatic N) is 3. The van der Waals surface area contributed by atoms with Gasteiger partial charge in [-0.3, -0.25) is 0 Å². The lowest BCUT2D eigenvalue weighted by molar-refractivity contribution is -0.0854. The van der Waals surface area contributed by atoms with Crippen molar-refractivity contribution in [2.75, 3.05) is 6.61 Å². The Labute approximate surface area is 166 Å². The van der Waals surface area contributed by atoms with Crippen molar-refractivity contribution < 1.29 is 14.9 Å². The first-order valence-electron chi connectivity index (χ1n) is 11.0. The minimum Gasteiger partial charge on any atom is -0.396 e. The molecule has 0 aliphatic heterocycles. The van der Waals surface area contributed by atoms with Crippen LogP contribution < -0.4 is 0 Å². The number of aliphatic hydroxyl groups excluding tert-OH is 2. The Morgan fingerprint density at radius 3 is 1.78 bits per heavy atom. The minimum atomic E-state index is -0.746. The summed E-state index contributed by atoms with van der Waals surface area (Å²) in [5.74, 6) is 0. The summed E-state index contributed by atoms with van der Waals surface area (Å²) in [5, 5.41) is 23.4. The first kappa shape index (κ1) is 26.2. The molecule has 0 rings (SSSR count). The van der Waals surface area contributed by atoms with E-state index in [1.165, 1.54) is 64.2 Å². The van der Waals surface area contributed by atoms with Crippen LogP contribution in [-0.4, -0.2) is 41.2 Å². The maximum absolute atomic E-state index is 10.4. The van der Waals surface area contributed by atoms with Crippen LogP contribution in [-0.2, 0) is 4.74 Å². The SMILES string of the molecule is CCCCCCCCCCCCCC[C@@H](O)[C@@H](OC(C)C)[C@@H](CO)N=[N+]=[N-]. The van der Waals surface area contributed by atoms with E-state index < -0.39 is 18.2 Å². The number of azide groups is 1. The smallest absolute Gasteiger partial charge is 0.0944 e. The molecule has 160 valence electrons. The maximum atomic E-state index is 10.4. The van der Waals surface area contributed by atoms with Crippen LogP contribution in [0.15, 0.2) is 5.11 Å². The van der Waals surface area contributed by atoms with Gasteiger partial charge in [0.1, 0.15) is 0 Å². The van der Waals surface area contributed by atoms with Crippen LogP contribution in [0.25, 0.3) is 10.4 Å². The zero-order valence-corrected chi connectivity index (χ0v) is 17.9. The van der Waals surface area contributed by atoms with Crippen molar-refractivity contribution in [3.8, 4) is 0 Å². The third-order valence-electron chi connectivity index (χ3n) is 4.93. The zero-order chi connectivity index (χ0) is 20.3. The highest BCUT2D eigenvalue weighted by Gasteiger charge is 2.28. The summed E-state index contributed by atoms with van der Waals surface area (Å²) in [6, 6.07) is -0.746. The van der Waals surface area contributed by atoms with Crippen molar-refractivity contribution in [1.29, 1.82) is 0 Å². The largest absolute Gasteiger partial charge is 0.396 e. The molecule has 6 nitrogen and oxygen atoms in total. The van der Waals surface area contributed by atoms with Crippen LogP contribution in [0.2, 0.25) is 0 Å². The average molecular weight is 386 g/mol. The molecule has 6 heteroatoms. The number of hydrogen-bond donors (Lipinski definition) is 2. The fraction of sp³-hybridized carbons (Fsp3) is 1.00. The van der Waals surface area contributed by atoms with Crippen LogP contribution in [0, 0.1) is 0 Å². The Morgan fingerprint density at radius 2 is 1.37 bits per heavy atom. The van der Waals surface area contributed by atoms with E-state index in [0.717, 1.165) is 12.8 Å². The molecule has 0 fully saturated rings. The van der Waals surface area contributed by atoms with Crippen molar-refractivity contribution in [1.82, 2.24) is 0 Å². The molecule has 3 atom stereocenters. The molecule has 0 heterocycles. The Hall–Kier alpha value is -0.810. The molecule has 2 N–H and O–H groups in total. The number of aliphatic hydroxyl groups is 2. The Morgan fingerprint density at radius 1 is 0.889 bits per heavy atom. The lowest BCUT2D eigenvalue weighted by Gasteiger charge is -2.29. The van der Waals surface area contributed by atoms with Crippen molar-refractivity contribution in [3.63, 3.8) is 0 Å². The quantitative estimate of drug-likeness (QED) is 0.125. The van der Waals surface area contributed by atoms with Gasteiger partial charge in [-0.1, -0.05) is 89.1 Å². The van der Waals surface area contributed by atoms with Crippen LogP contribution in [0.3, 0.4) is 0 Å². The first-order chi connectivity index (χ1) is 13.1. The number of rotatable bonds is 19. The van der Waals surface area contributed by atoms with E-state index in [1.807, 2.05) is 13.8 Å². The molecule has 0 aromatic carbocycles. The normalized spacial score (nSPS) is 14.7. The molecule has 0 saturated carbocycles. The molecule has 0 amide bonds. The van der Waals surface area contributed by atoms with E-state index >= 15 is 0 Å². The van der Waals surface area contributed by atoms with E-state index in [4.69, 9.17) is 10.3 Å². The Kier molecular flexibility index (Phi) is 18.0. The molecule has 0 spiro atoms. The monoisotopic (exact) mass is 385 g/mol. The predicted molar refractivity (Wildman–Crippen MR) is 112 cm³/mol. The van der Waals surface area contributed by atoms with Gasteiger partial charge in [-0.15, -0.1) is 0 Å². The van der Waals surface area contributed by atoms with E-state index in [2.05, 4.69) is 16.9 Å². The molecule has 0 aromatic heterocycles. The van der Waals surface area contributed by atoms with Gasteiger partial charge in [0.15, 0.2) is 0 Å². The zero-order valence-electron chi connectivity index (χ0n) is 17.9. The van der Waals surface area contributed by atoms with Crippen molar-refractivity contribution >= 4 is 0 Å². The van der Waals surface area contributed by atoms with Crippen molar-refractivity contribution in [3.05, 3.63) is 10.4 Å². The summed E-state index contributed by atoms with van der Waals surface area (Å²) in [7, 11) is 0. The summed E-state index contributed by atoms with van der Waals surface area (Å²) in [6.45, 7) is 5.67. The number of unbranched alkanes of at least 4 members (excludes halogenated alkanes) is 11. The number of ether oxygens (including phenoxy) is 1. The second-order valence-corrected chi connectivity index (χ2v) is 7.85. The van der Waals surface area contributed by atoms with E-state index in [1.54, 1.807) is 0 Å². The lowest BCUT2D eigenvalue weighted by atomic mass is 9.99. The average Bonchev–Trinajstić information content (AvgIpc) is 2.65. The van der Waals surface area contributed by atoms with E-state index in [-0.39, 0.29) is 12.7 Å². The number of hydrogen-bond acceptors (Lipinski definition) is 4. The molecule has 0 aliphatic rings. The topological polar surface area (TPSA) is 98.5 Å². The van der Waals surface area contributed by atoms with Gasteiger partial charge in [-0.25, -0.2) is 0 Å². The maximum Gasteiger partial charge on any atom is 0.0944 e. The molecule has 0 aliphatic carbocycles. The van der Waals surface area contributed by atoms with Gasteiger partial charge in [0.05, 0.1) is 31.0 Å². The van der Waals surface area contributed by atoms with Gasteiger partial charge in [-0.2, -0.15) is 0 Å². The van der Waals surface area contributed by atoms with Crippen LogP contribution in [0.4, 0.5) is 0 Å². The minimum absolute atomic E-state index is 0.102. The summed E-state index contributed by atoms with van der Waals surface area (Å²) in [6.07, 6.45) is 14.4. The third-order valence-corrected chi connectivity index (χ3v) is 4.93. The van der Waals surface area contributed by atoms with Crippen LogP contribution >= 0.6 is 0 Å². The second kappa shape index (κ2) is 18.5. The molecule has 0 radical (unpaired) electrons. The third kappa shape index (κ3) is 14.9. The molecule has 0 saturated heterocycles. The Bertz CT molecular complexity index is 374. The highest BCUT2D eigenvalue weighted by molar-refractivity contribution is 4.83. The molecular formula is C21H43N3O3. The molecule has 0 unspecified atom stereocenters. The summed E-state index contributed by atoms with van der Waals surface area (Å²) < 4.78 is 5.70. The van der Waals surface area contributed by atoms with Gasteiger partial charge < -0.3 is 14.9 Å². The van der Waals surface area contributed by atoms with E-state index in [0.29, 0.717) is 6.42 Å². The van der Waals surface area contributed by atoms with Gasteiger partial charge in [0.2, 0.25) is 0 Å². The van der Waals surface area contributed by atoms with E-state index in [9.17, 15) is 10.2 Å². The standard InChI is InChI=1S/C21H43N3O3/c1-4-5-6-7-8-9-10-11-12-13-14-15-16-20(26)21(27-18(2)3)19(17-25)23-24-22/h18-21,25-26H,4-17H2,1-3H3/t19-,20-,21+/m1/s1. The Balaban J connectivity index is 3.85. The van der Waals surface area contributed by atoms with Crippen molar-refractivity contribution in [2.45, 2.75) is 129 Å². The fourth-order valence-corrected chi connectivity index (χ4v) is 3.38. The summed E-state index contributed by atoms with van der Waals surface area (Å²) >= 11 is 0. The van der Waals surface area contributed by atoms with Gasteiger partial charge in [0.25, 0.3) is 0 Å². The second-order valence-electron chi connectivity index (χ2n) is 7.85. The fourth-order valence-electron chi connectivity index (χ4n) is 3.38. The van der Waals surface area contributed by atoms with Crippen molar-refractivity contribution in [2.24, 2.45) is 5.11 Å². The summed E-state index contributed by atoms with van der Waals surface area (Å²) in [5.41, 5.74) is 8.63. The van der Waals surface area contributed by atoms with Crippen LogP contribution in [0.1, 0.15) is 104 Å². The first-order valence-corrected chi connectivity index (χ1v) is 11.0. The highest BCUT2D eigenvalue weighted by atomic mass is 16.5. The molecule has 27 heavy (non-hydrogen) atoms. The molecular weight excluding hydrogens is 342 g/mol. The van der Waals surface area contributed by atoms with Crippen LogP contribution in [0.5, 0.6) is 0 Å². The van der Waals surface area contributed by atoms with Gasteiger partial charge >= 0.3 is 0 Å².